The Hall–Kier alpha value is -5.61. The minimum Gasteiger partial charge on any atom is -0.460 e. The van der Waals surface area contributed by atoms with Crippen molar-refractivity contribution in [1.29, 1.82) is 0 Å². The van der Waals surface area contributed by atoms with Crippen LogP contribution >= 0.6 is 0 Å². The molecule has 0 amide bonds. The molecule has 0 saturated heterocycles. The van der Waals surface area contributed by atoms with Crippen molar-refractivity contribution in [3.63, 3.8) is 0 Å². The first kappa shape index (κ1) is 23.1. The van der Waals surface area contributed by atoms with Crippen LogP contribution in [0.4, 0.5) is 5.69 Å². The Morgan fingerprint density at radius 3 is 2.12 bits per heavy atom. The van der Waals surface area contributed by atoms with Gasteiger partial charge in [-0.3, -0.25) is 0 Å². The molecule has 0 radical (unpaired) electrons. The number of hydrogen-bond donors (Lipinski definition) is 1. The SMILES string of the molecule is c1ccc2c(-c3ccc(C4=NC(n5c6ccccc6c6c7ccccc7ccc65)Nc5ccoc54)cc3)cccc2c1. The molecule has 1 aliphatic heterocycles. The number of rotatable bonds is 3. The van der Waals surface area contributed by atoms with Gasteiger partial charge in [-0.15, -0.1) is 0 Å². The summed E-state index contributed by atoms with van der Waals surface area (Å²) in [5.41, 5.74) is 7.49. The third kappa shape index (κ3) is 3.39. The summed E-state index contributed by atoms with van der Waals surface area (Å²) in [6, 6.07) is 47.3. The minimum absolute atomic E-state index is 0.341. The van der Waals surface area contributed by atoms with E-state index in [0.29, 0.717) is 0 Å². The van der Waals surface area contributed by atoms with Gasteiger partial charge in [0.25, 0.3) is 0 Å². The van der Waals surface area contributed by atoms with E-state index in [2.05, 4.69) is 137 Å². The molecule has 8 aromatic rings. The summed E-state index contributed by atoms with van der Waals surface area (Å²) in [7, 11) is 0. The topological polar surface area (TPSA) is 42.5 Å². The summed E-state index contributed by atoms with van der Waals surface area (Å²) in [5.74, 6) is 0.760. The number of nitrogens with zero attached hydrogens (tertiary/aromatic N) is 2. The van der Waals surface area contributed by atoms with E-state index in [9.17, 15) is 0 Å². The fourth-order valence-electron chi connectivity index (χ4n) is 6.60. The second kappa shape index (κ2) is 8.95. The van der Waals surface area contributed by atoms with Gasteiger partial charge in [0.05, 0.1) is 23.0 Å². The Morgan fingerprint density at radius 1 is 0.571 bits per heavy atom. The molecule has 1 unspecified atom stereocenters. The predicted octanol–water partition coefficient (Wildman–Crippen LogP) is 9.78. The van der Waals surface area contributed by atoms with Crippen LogP contribution in [0.15, 0.2) is 149 Å². The molecule has 0 spiro atoms. The normalized spacial score (nSPS) is 14.8. The smallest absolute Gasteiger partial charge is 0.201 e. The zero-order valence-corrected chi connectivity index (χ0v) is 22.7. The second-order valence-corrected chi connectivity index (χ2v) is 10.8. The summed E-state index contributed by atoms with van der Waals surface area (Å²) in [6.45, 7) is 0. The average molecular weight is 540 g/mol. The first-order valence-electron chi connectivity index (χ1n) is 14.2. The number of furan rings is 1. The van der Waals surface area contributed by atoms with Gasteiger partial charge in [-0.2, -0.15) is 0 Å². The fraction of sp³-hybridized carbons (Fsp3) is 0.0263. The lowest BCUT2D eigenvalue weighted by molar-refractivity contribution is 0.545. The highest BCUT2D eigenvalue weighted by molar-refractivity contribution is 6.21. The highest BCUT2D eigenvalue weighted by Gasteiger charge is 2.28. The Balaban J connectivity index is 1.21. The summed E-state index contributed by atoms with van der Waals surface area (Å²) in [6.07, 6.45) is 1.39. The number of aliphatic imine (C=N–C) groups is 1. The zero-order valence-electron chi connectivity index (χ0n) is 22.7. The van der Waals surface area contributed by atoms with Crippen molar-refractivity contribution in [3.8, 4) is 11.1 Å². The van der Waals surface area contributed by atoms with Crippen LogP contribution < -0.4 is 5.32 Å². The van der Waals surface area contributed by atoms with Crippen LogP contribution in [0.2, 0.25) is 0 Å². The van der Waals surface area contributed by atoms with Crippen molar-refractivity contribution in [1.82, 2.24) is 4.57 Å². The van der Waals surface area contributed by atoms with E-state index in [1.807, 2.05) is 6.07 Å². The van der Waals surface area contributed by atoms with Crippen molar-refractivity contribution in [3.05, 3.63) is 151 Å². The first-order chi connectivity index (χ1) is 20.8. The molecule has 9 rings (SSSR count). The molecule has 0 aliphatic carbocycles. The van der Waals surface area contributed by atoms with Gasteiger partial charge in [0.2, 0.25) is 6.29 Å². The Kier molecular flexibility index (Phi) is 4.93. The zero-order chi connectivity index (χ0) is 27.6. The van der Waals surface area contributed by atoms with Crippen molar-refractivity contribution >= 4 is 54.7 Å². The van der Waals surface area contributed by atoms with Gasteiger partial charge < -0.3 is 14.3 Å². The molecule has 198 valence electrons. The molecule has 0 saturated carbocycles. The second-order valence-electron chi connectivity index (χ2n) is 10.8. The standard InChI is InChI=1S/C38H25N3O/c1-3-11-28-24(8-1)10-7-14-29(28)26-16-18-27(19-17-26)36-37-32(22-23-42-37)39-38(40-36)41-33-15-6-5-13-31(33)35-30-12-4-2-9-25(30)20-21-34(35)41/h1-23,38-39H. The van der Waals surface area contributed by atoms with Crippen molar-refractivity contribution in [2.24, 2.45) is 4.99 Å². The number of benzene rings is 6. The Bertz CT molecular complexity index is 2330. The van der Waals surface area contributed by atoms with Gasteiger partial charge >= 0.3 is 0 Å². The summed E-state index contributed by atoms with van der Waals surface area (Å²) in [4.78, 5) is 5.32. The summed E-state index contributed by atoms with van der Waals surface area (Å²) < 4.78 is 8.31. The average Bonchev–Trinajstić information content (AvgIpc) is 3.67. The monoisotopic (exact) mass is 539 g/mol. The maximum atomic E-state index is 5.99. The van der Waals surface area contributed by atoms with Gasteiger partial charge in [-0.25, -0.2) is 4.99 Å². The van der Waals surface area contributed by atoms with Gasteiger partial charge in [0.1, 0.15) is 5.71 Å². The molecule has 6 aromatic carbocycles. The maximum Gasteiger partial charge on any atom is 0.201 e. The number of anilines is 1. The van der Waals surface area contributed by atoms with Gasteiger partial charge in [0, 0.05) is 22.4 Å². The third-order valence-corrected chi connectivity index (χ3v) is 8.52. The van der Waals surface area contributed by atoms with Gasteiger partial charge in [-0.1, -0.05) is 115 Å². The van der Waals surface area contributed by atoms with Crippen LogP contribution in [-0.2, 0) is 0 Å². The van der Waals surface area contributed by atoms with Gasteiger partial charge in [-0.05, 0) is 44.8 Å². The Labute approximate surface area is 242 Å². The molecule has 2 aromatic heterocycles. The maximum absolute atomic E-state index is 5.99. The largest absolute Gasteiger partial charge is 0.460 e. The van der Waals surface area contributed by atoms with Crippen molar-refractivity contribution in [2.45, 2.75) is 6.29 Å². The van der Waals surface area contributed by atoms with E-state index in [4.69, 9.17) is 9.41 Å². The van der Waals surface area contributed by atoms with E-state index >= 15 is 0 Å². The fourth-order valence-corrected chi connectivity index (χ4v) is 6.60. The summed E-state index contributed by atoms with van der Waals surface area (Å²) >= 11 is 0. The van der Waals surface area contributed by atoms with E-state index in [0.717, 1.165) is 33.8 Å². The number of fused-ring (bicyclic) bond motifs is 7. The quantitative estimate of drug-likeness (QED) is 0.243. The molecule has 0 fully saturated rings. The van der Waals surface area contributed by atoms with E-state index < -0.39 is 0 Å². The number of nitrogens with one attached hydrogen (secondary N) is 1. The van der Waals surface area contributed by atoms with Crippen LogP contribution in [0.3, 0.4) is 0 Å². The molecular formula is C38H25N3O. The lowest BCUT2D eigenvalue weighted by Gasteiger charge is -2.25. The van der Waals surface area contributed by atoms with Crippen LogP contribution in [0.1, 0.15) is 17.6 Å². The summed E-state index contributed by atoms with van der Waals surface area (Å²) in [5, 5.41) is 11.1. The van der Waals surface area contributed by atoms with E-state index in [1.54, 1.807) is 6.26 Å². The first-order valence-corrected chi connectivity index (χ1v) is 14.2. The molecule has 1 aliphatic rings. The van der Waals surface area contributed by atoms with E-state index in [1.165, 1.54) is 43.4 Å². The molecular weight excluding hydrogens is 514 g/mol. The van der Waals surface area contributed by atoms with Crippen LogP contribution in [-0.4, -0.2) is 10.3 Å². The van der Waals surface area contributed by atoms with E-state index in [-0.39, 0.29) is 6.29 Å². The molecule has 1 atom stereocenters. The van der Waals surface area contributed by atoms with Crippen LogP contribution in [0, 0.1) is 0 Å². The molecule has 4 nitrogen and oxygen atoms in total. The molecule has 3 heterocycles. The Morgan fingerprint density at radius 2 is 1.26 bits per heavy atom. The molecule has 42 heavy (non-hydrogen) atoms. The minimum atomic E-state index is -0.341. The molecule has 0 bridgehead atoms. The van der Waals surface area contributed by atoms with Crippen molar-refractivity contribution < 1.29 is 4.42 Å². The predicted molar refractivity (Wildman–Crippen MR) is 173 cm³/mol. The molecule has 1 N–H and O–H groups in total. The number of hydrogen-bond acceptors (Lipinski definition) is 3. The number of para-hydroxylation sites is 1. The van der Waals surface area contributed by atoms with Gasteiger partial charge in [0.15, 0.2) is 5.76 Å². The highest BCUT2D eigenvalue weighted by atomic mass is 16.3. The van der Waals surface area contributed by atoms with Crippen molar-refractivity contribution in [2.75, 3.05) is 5.32 Å². The van der Waals surface area contributed by atoms with Crippen LogP contribution in [0.25, 0.3) is 54.5 Å². The van der Waals surface area contributed by atoms with Crippen LogP contribution in [0.5, 0.6) is 0 Å². The third-order valence-electron chi connectivity index (χ3n) is 8.52. The number of aromatic nitrogens is 1. The lowest BCUT2D eigenvalue weighted by Crippen LogP contribution is -2.24. The lowest BCUT2D eigenvalue weighted by atomic mass is 9.96. The highest BCUT2D eigenvalue weighted by Crippen LogP contribution is 2.40. The molecule has 4 heteroatoms.